The second-order valence-electron chi connectivity index (χ2n) is 5.71. The highest BCUT2D eigenvalue weighted by atomic mass is 79.9. The Labute approximate surface area is 136 Å². The lowest BCUT2D eigenvalue weighted by atomic mass is 9.98. The van der Waals surface area contributed by atoms with E-state index >= 15 is 0 Å². The number of ether oxygens (including phenoxy) is 2. The highest BCUT2D eigenvalue weighted by molar-refractivity contribution is 9.10. The summed E-state index contributed by atoms with van der Waals surface area (Å²) < 4.78 is 12.0. The van der Waals surface area contributed by atoms with Gasteiger partial charge in [0, 0.05) is 12.1 Å². The average molecular weight is 360 g/mol. The van der Waals surface area contributed by atoms with Gasteiger partial charge in [-0.2, -0.15) is 0 Å². The van der Waals surface area contributed by atoms with E-state index in [9.17, 15) is 5.11 Å². The highest BCUT2D eigenvalue weighted by Crippen LogP contribution is 2.36. The average Bonchev–Trinajstić information content (AvgIpc) is 2.43. The van der Waals surface area contributed by atoms with Crippen molar-refractivity contribution < 1.29 is 14.6 Å². The van der Waals surface area contributed by atoms with Crippen molar-refractivity contribution in [3.05, 3.63) is 22.2 Å². The predicted octanol–water partition coefficient (Wildman–Crippen LogP) is 3.50. The lowest BCUT2D eigenvalue weighted by Gasteiger charge is -2.29. The van der Waals surface area contributed by atoms with Crippen LogP contribution in [0.4, 0.5) is 0 Å². The lowest BCUT2D eigenvalue weighted by molar-refractivity contribution is 0.0956. The van der Waals surface area contributed by atoms with Gasteiger partial charge in [-0.1, -0.05) is 6.92 Å². The fourth-order valence-electron chi connectivity index (χ4n) is 1.70. The number of hydrogen-bond donors (Lipinski definition) is 2. The first-order chi connectivity index (χ1) is 9.81. The number of nitrogens with one attached hydrogen (secondary N) is 1. The molecule has 0 heterocycles. The van der Waals surface area contributed by atoms with Gasteiger partial charge in [-0.05, 0) is 60.8 Å². The Hall–Kier alpha value is -0.780. The predicted molar refractivity (Wildman–Crippen MR) is 89.1 cm³/mol. The molecule has 0 spiro atoms. The summed E-state index contributed by atoms with van der Waals surface area (Å²) >= 11 is 3.54. The number of aliphatic hydroxyl groups excluding tert-OH is 1. The van der Waals surface area contributed by atoms with Gasteiger partial charge in [-0.15, -0.1) is 0 Å². The molecule has 0 radical (unpaired) electrons. The van der Waals surface area contributed by atoms with E-state index in [1.54, 1.807) is 14.0 Å². The van der Waals surface area contributed by atoms with Crippen molar-refractivity contribution in [2.24, 2.45) is 0 Å². The normalized spacial score (nSPS) is 13.1. The van der Waals surface area contributed by atoms with E-state index in [1.807, 2.05) is 26.0 Å². The first-order valence-electron chi connectivity index (χ1n) is 7.24. The van der Waals surface area contributed by atoms with E-state index < -0.39 is 6.10 Å². The zero-order valence-electron chi connectivity index (χ0n) is 13.5. The minimum Gasteiger partial charge on any atom is -0.493 e. The van der Waals surface area contributed by atoms with Crippen LogP contribution in [0.15, 0.2) is 16.6 Å². The molecule has 0 aromatic heterocycles. The third-order valence-corrected chi connectivity index (χ3v) is 4.12. The summed E-state index contributed by atoms with van der Waals surface area (Å²) in [4.78, 5) is 0. The second-order valence-corrected chi connectivity index (χ2v) is 6.56. The zero-order valence-corrected chi connectivity index (χ0v) is 15.1. The van der Waals surface area contributed by atoms with Crippen molar-refractivity contribution in [1.82, 2.24) is 5.32 Å². The van der Waals surface area contributed by atoms with E-state index in [4.69, 9.17) is 9.47 Å². The lowest BCUT2D eigenvalue weighted by Crippen LogP contribution is -2.47. The second kappa shape index (κ2) is 8.01. The van der Waals surface area contributed by atoms with Crippen molar-refractivity contribution in [1.29, 1.82) is 0 Å². The van der Waals surface area contributed by atoms with Crippen LogP contribution in [-0.2, 0) is 6.54 Å². The first-order valence-corrected chi connectivity index (χ1v) is 8.03. The van der Waals surface area contributed by atoms with E-state index in [-0.39, 0.29) is 5.54 Å². The molecule has 2 N–H and O–H groups in total. The van der Waals surface area contributed by atoms with Gasteiger partial charge in [-0.25, -0.2) is 0 Å². The number of hydrogen-bond acceptors (Lipinski definition) is 4. The van der Waals surface area contributed by atoms with Crippen LogP contribution in [0.5, 0.6) is 11.5 Å². The summed E-state index contributed by atoms with van der Waals surface area (Å²) in [5, 5.41) is 13.1. The molecule has 1 atom stereocenters. The molecule has 0 saturated carbocycles. The number of methoxy groups -OCH3 is 1. The van der Waals surface area contributed by atoms with Crippen molar-refractivity contribution in [2.75, 3.05) is 13.7 Å². The number of aliphatic hydroxyl groups is 1. The van der Waals surface area contributed by atoms with Gasteiger partial charge in [0.15, 0.2) is 11.5 Å². The van der Waals surface area contributed by atoms with Gasteiger partial charge in [0.1, 0.15) is 0 Å². The Kier molecular flexibility index (Phi) is 6.97. The molecule has 1 rings (SSSR count). The van der Waals surface area contributed by atoms with Gasteiger partial charge < -0.3 is 19.9 Å². The summed E-state index contributed by atoms with van der Waals surface area (Å²) in [5.41, 5.74) is 0.716. The largest absolute Gasteiger partial charge is 0.493 e. The summed E-state index contributed by atoms with van der Waals surface area (Å²) in [6.07, 6.45) is 0.511. The molecule has 0 aliphatic heterocycles. The fraction of sp³-hybridized carbons (Fsp3) is 0.625. The molecule has 120 valence electrons. The molecule has 1 unspecified atom stereocenters. The summed E-state index contributed by atoms with van der Waals surface area (Å²) in [7, 11) is 1.64. The Morgan fingerprint density at radius 1 is 1.38 bits per heavy atom. The fourth-order valence-corrected chi connectivity index (χ4v) is 2.30. The van der Waals surface area contributed by atoms with Gasteiger partial charge in [0.2, 0.25) is 0 Å². The molecule has 0 saturated heterocycles. The zero-order chi connectivity index (χ0) is 16.0. The number of benzene rings is 1. The Morgan fingerprint density at radius 3 is 2.57 bits per heavy atom. The minimum absolute atomic E-state index is 0.350. The van der Waals surface area contributed by atoms with Crippen molar-refractivity contribution in [3.63, 3.8) is 0 Å². The molecular formula is C16H26BrNO3. The van der Waals surface area contributed by atoms with Crippen LogP contribution < -0.4 is 14.8 Å². The van der Waals surface area contributed by atoms with Crippen LogP contribution in [-0.4, -0.2) is 30.5 Å². The van der Waals surface area contributed by atoms with E-state index in [1.165, 1.54) is 0 Å². The highest BCUT2D eigenvalue weighted by Gasteiger charge is 2.23. The quantitative estimate of drug-likeness (QED) is 0.745. The number of rotatable bonds is 8. The van der Waals surface area contributed by atoms with Crippen molar-refractivity contribution in [2.45, 2.75) is 52.3 Å². The molecule has 5 heteroatoms. The minimum atomic E-state index is -0.435. The maximum atomic E-state index is 9.74. The van der Waals surface area contributed by atoms with Crippen LogP contribution in [0.1, 0.15) is 39.7 Å². The van der Waals surface area contributed by atoms with E-state index in [0.29, 0.717) is 18.9 Å². The number of halogens is 1. The molecule has 4 nitrogen and oxygen atoms in total. The maximum absolute atomic E-state index is 9.74. The smallest absolute Gasteiger partial charge is 0.175 e. The summed E-state index contributed by atoms with van der Waals surface area (Å²) in [6, 6.07) is 3.97. The molecular weight excluding hydrogens is 334 g/mol. The van der Waals surface area contributed by atoms with Crippen molar-refractivity contribution in [3.8, 4) is 11.5 Å². The molecule has 0 amide bonds. The topological polar surface area (TPSA) is 50.7 Å². The molecule has 0 aliphatic rings. The van der Waals surface area contributed by atoms with Gasteiger partial charge in [0.05, 0.1) is 24.3 Å². The van der Waals surface area contributed by atoms with Crippen LogP contribution >= 0.6 is 15.9 Å². The summed E-state index contributed by atoms with van der Waals surface area (Å²) in [5.74, 6) is 1.45. The molecule has 0 fully saturated rings. The van der Waals surface area contributed by atoms with Gasteiger partial charge in [-0.3, -0.25) is 0 Å². The van der Waals surface area contributed by atoms with Gasteiger partial charge in [0.25, 0.3) is 0 Å². The first kappa shape index (κ1) is 18.3. The monoisotopic (exact) mass is 359 g/mol. The molecule has 1 aromatic carbocycles. The van der Waals surface area contributed by atoms with E-state index in [0.717, 1.165) is 22.2 Å². The van der Waals surface area contributed by atoms with Crippen LogP contribution in [0.2, 0.25) is 0 Å². The Bertz CT molecular complexity index is 461. The van der Waals surface area contributed by atoms with Gasteiger partial charge >= 0.3 is 0 Å². The Balaban J connectivity index is 2.88. The SMILES string of the molecule is CCCOc1c(Br)cc(CNC(C)(C)C(C)O)cc1OC. The summed E-state index contributed by atoms with van der Waals surface area (Å²) in [6.45, 7) is 9.09. The molecule has 1 aromatic rings. The van der Waals surface area contributed by atoms with Crippen LogP contribution in [0.3, 0.4) is 0 Å². The maximum Gasteiger partial charge on any atom is 0.175 e. The van der Waals surface area contributed by atoms with Crippen molar-refractivity contribution >= 4 is 15.9 Å². The van der Waals surface area contributed by atoms with E-state index in [2.05, 4.69) is 28.2 Å². The Morgan fingerprint density at radius 2 is 2.05 bits per heavy atom. The molecule has 0 aliphatic carbocycles. The van der Waals surface area contributed by atoms with Crippen LogP contribution in [0, 0.1) is 0 Å². The van der Waals surface area contributed by atoms with Crippen LogP contribution in [0.25, 0.3) is 0 Å². The molecule has 0 bridgehead atoms. The standard InChI is InChI=1S/C16H26BrNO3/c1-6-7-21-15-13(17)8-12(9-14(15)20-5)10-18-16(3,4)11(2)19/h8-9,11,18-19H,6-7,10H2,1-5H3. The molecule has 21 heavy (non-hydrogen) atoms. The third kappa shape index (κ3) is 5.16. The third-order valence-electron chi connectivity index (χ3n) is 3.53.